The van der Waals surface area contributed by atoms with Crippen LogP contribution in [0.4, 0.5) is 5.69 Å². The lowest BCUT2D eigenvalue weighted by atomic mass is 10.2. The molecule has 0 saturated carbocycles. The molecule has 0 spiro atoms. The summed E-state index contributed by atoms with van der Waals surface area (Å²) in [5, 5.41) is 12.1. The molecule has 0 radical (unpaired) electrons. The lowest BCUT2D eigenvalue weighted by Gasteiger charge is -2.13. The van der Waals surface area contributed by atoms with Crippen molar-refractivity contribution in [2.75, 3.05) is 26.1 Å². The van der Waals surface area contributed by atoms with E-state index in [4.69, 9.17) is 14.2 Å². The number of carbonyl (C=O) groups excluding carboxylic acids is 1. The quantitative estimate of drug-likeness (QED) is 0.753. The highest BCUT2D eigenvalue weighted by Crippen LogP contribution is 2.29. The van der Waals surface area contributed by atoms with Crippen LogP contribution in [0.15, 0.2) is 40.9 Å². The van der Waals surface area contributed by atoms with Crippen LogP contribution in [0.2, 0.25) is 0 Å². The number of rotatable bonds is 7. The second-order valence-electron chi connectivity index (χ2n) is 4.81. The maximum Gasteiger partial charge on any atom is 0.262 e. The summed E-state index contributed by atoms with van der Waals surface area (Å²) in [6.45, 7) is -0.380. The largest absolute Gasteiger partial charge is 0.497 e. The fourth-order valence-electron chi connectivity index (χ4n) is 2.05. The second kappa shape index (κ2) is 8.56. The summed E-state index contributed by atoms with van der Waals surface area (Å²) in [6, 6.07) is 10.3. The smallest absolute Gasteiger partial charge is 0.262 e. The van der Waals surface area contributed by atoms with Crippen LogP contribution in [0.25, 0.3) is 0 Å². The summed E-state index contributed by atoms with van der Waals surface area (Å²) < 4.78 is 16.7. The van der Waals surface area contributed by atoms with E-state index in [0.29, 0.717) is 28.5 Å². The SMILES string of the molecule is COc1ccc(OC)c(NC(=O)COc2ccc(Br)cc2CO)c1. The first-order valence-corrected chi connectivity index (χ1v) is 7.90. The topological polar surface area (TPSA) is 77.0 Å². The number of ether oxygens (including phenoxy) is 3. The van der Waals surface area contributed by atoms with Gasteiger partial charge in [-0.3, -0.25) is 4.79 Å². The maximum atomic E-state index is 12.1. The molecule has 2 N–H and O–H groups in total. The molecule has 0 unspecified atom stereocenters. The van der Waals surface area contributed by atoms with Crippen LogP contribution >= 0.6 is 15.9 Å². The molecular weight excluding hydrogens is 378 g/mol. The third kappa shape index (κ3) is 4.62. The van der Waals surface area contributed by atoms with E-state index < -0.39 is 0 Å². The Kier molecular flexibility index (Phi) is 6.45. The zero-order valence-corrected chi connectivity index (χ0v) is 14.9. The van der Waals surface area contributed by atoms with Crippen molar-refractivity contribution in [3.8, 4) is 17.2 Å². The number of nitrogens with one attached hydrogen (secondary N) is 1. The van der Waals surface area contributed by atoms with E-state index in [2.05, 4.69) is 21.2 Å². The number of amides is 1. The molecule has 2 aromatic rings. The van der Waals surface area contributed by atoms with E-state index in [-0.39, 0.29) is 19.1 Å². The van der Waals surface area contributed by atoms with Gasteiger partial charge in [0, 0.05) is 16.1 Å². The summed E-state index contributed by atoms with van der Waals surface area (Å²) in [5.41, 5.74) is 1.08. The molecular formula is C17H18BrNO5. The molecule has 0 atom stereocenters. The van der Waals surface area contributed by atoms with Crippen LogP contribution in [0.3, 0.4) is 0 Å². The molecule has 24 heavy (non-hydrogen) atoms. The molecule has 0 aliphatic rings. The lowest BCUT2D eigenvalue weighted by Crippen LogP contribution is -2.21. The Morgan fingerprint density at radius 3 is 2.54 bits per heavy atom. The Morgan fingerprint density at radius 2 is 1.88 bits per heavy atom. The molecule has 0 aliphatic heterocycles. The van der Waals surface area contributed by atoms with Crippen LogP contribution in [0, 0.1) is 0 Å². The van der Waals surface area contributed by atoms with Gasteiger partial charge in [0.25, 0.3) is 5.91 Å². The first kappa shape index (κ1) is 18.1. The number of benzene rings is 2. The fourth-order valence-corrected chi connectivity index (χ4v) is 2.46. The highest BCUT2D eigenvalue weighted by molar-refractivity contribution is 9.10. The monoisotopic (exact) mass is 395 g/mol. The zero-order valence-electron chi connectivity index (χ0n) is 13.3. The van der Waals surface area contributed by atoms with Gasteiger partial charge in [0.15, 0.2) is 6.61 Å². The Balaban J connectivity index is 2.04. The molecule has 0 fully saturated rings. The zero-order chi connectivity index (χ0) is 17.5. The average Bonchev–Trinajstić information content (AvgIpc) is 2.60. The van der Waals surface area contributed by atoms with Gasteiger partial charge in [-0.05, 0) is 30.3 Å². The number of methoxy groups -OCH3 is 2. The molecule has 128 valence electrons. The number of hydrogen-bond acceptors (Lipinski definition) is 5. The minimum Gasteiger partial charge on any atom is -0.497 e. The van der Waals surface area contributed by atoms with Crippen molar-refractivity contribution >= 4 is 27.5 Å². The molecule has 0 heterocycles. The van der Waals surface area contributed by atoms with Crippen LogP contribution in [0.1, 0.15) is 5.56 Å². The second-order valence-corrected chi connectivity index (χ2v) is 5.73. The van der Waals surface area contributed by atoms with E-state index in [0.717, 1.165) is 4.47 Å². The van der Waals surface area contributed by atoms with Crippen LogP contribution in [0.5, 0.6) is 17.2 Å². The minimum absolute atomic E-state index is 0.180. The van der Waals surface area contributed by atoms with E-state index in [9.17, 15) is 9.90 Å². The summed E-state index contributed by atoms with van der Waals surface area (Å²) in [4.78, 5) is 12.1. The minimum atomic E-state index is -0.353. The summed E-state index contributed by atoms with van der Waals surface area (Å²) in [7, 11) is 3.06. The van der Waals surface area contributed by atoms with Crippen molar-refractivity contribution in [1.29, 1.82) is 0 Å². The number of carbonyl (C=O) groups is 1. The van der Waals surface area contributed by atoms with Gasteiger partial charge in [-0.25, -0.2) is 0 Å². The summed E-state index contributed by atoms with van der Waals surface area (Å²) >= 11 is 3.32. The third-order valence-corrected chi connectivity index (χ3v) is 3.73. The average molecular weight is 396 g/mol. The number of aliphatic hydroxyl groups excluding tert-OH is 1. The van der Waals surface area contributed by atoms with Gasteiger partial charge in [-0.15, -0.1) is 0 Å². The molecule has 2 aromatic carbocycles. The van der Waals surface area contributed by atoms with E-state index in [1.54, 1.807) is 43.5 Å². The Morgan fingerprint density at radius 1 is 1.12 bits per heavy atom. The molecule has 2 rings (SSSR count). The summed E-state index contributed by atoms with van der Waals surface area (Å²) in [6.07, 6.45) is 0. The molecule has 6 nitrogen and oxygen atoms in total. The van der Waals surface area contributed by atoms with Crippen molar-refractivity contribution in [3.05, 3.63) is 46.4 Å². The normalized spacial score (nSPS) is 10.2. The van der Waals surface area contributed by atoms with Crippen LogP contribution in [-0.4, -0.2) is 31.8 Å². The first-order valence-electron chi connectivity index (χ1n) is 7.11. The highest BCUT2D eigenvalue weighted by atomic mass is 79.9. The standard InChI is InChI=1S/C17H18BrNO5/c1-22-13-4-6-16(23-2)14(8-13)19-17(21)10-24-15-5-3-12(18)7-11(15)9-20/h3-8,20H,9-10H2,1-2H3,(H,19,21). The number of anilines is 1. The van der Waals surface area contributed by atoms with Crippen LogP contribution < -0.4 is 19.5 Å². The van der Waals surface area contributed by atoms with E-state index in [1.165, 1.54) is 7.11 Å². The Hall–Kier alpha value is -2.25. The molecule has 0 aromatic heterocycles. The Labute approximate surface area is 148 Å². The fraction of sp³-hybridized carbons (Fsp3) is 0.235. The van der Waals surface area contributed by atoms with Crippen molar-refractivity contribution in [3.63, 3.8) is 0 Å². The predicted octanol–water partition coefficient (Wildman–Crippen LogP) is 2.98. The van der Waals surface area contributed by atoms with Crippen molar-refractivity contribution in [1.82, 2.24) is 0 Å². The summed E-state index contributed by atoms with van der Waals surface area (Å²) in [5.74, 6) is 1.22. The number of halogens is 1. The maximum absolute atomic E-state index is 12.1. The highest BCUT2D eigenvalue weighted by Gasteiger charge is 2.11. The molecule has 0 saturated heterocycles. The molecule has 0 aliphatic carbocycles. The van der Waals surface area contributed by atoms with Gasteiger partial charge in [-0.1, -0.05) is 15.9 Å². The van der Waals surface area contributed by atoms with Gasteiger partial charge in [0.1, 0.15) is 17.2 Å². The lowest BCUT2D eigenvalue weighted by molar-refractivity contribution is -0.118. The van der Waals surface area contributed by atoms with Gasteiger partial charge in [-0.2, -0.15) is 0 Å². The molecule has 7 heteroatoms. The van der Waals surface area contributed by atoms with E-state index in [1.807, 2.05) is 0 Å². The van der Waals surface area contributed by atoms with Gasteiger partial charge < -0.3 is 24.6 Å². The molecule has 1 amide bonds. The van der Waals surface area contributed by atoms with Gasteiger partial charge >= 0.3 is 0 Å². The van der Waals surface area contributed by atoms with E-state index >= 15 is 0 Å². The van der Waals surface area contributed by atoms with Crippen LogP contribution in [-0.2, 0) is 11.4 Å². The van der Waals surface area contributed by atoms with Crippen molar-refractivity contribution in [2.45, 2.75) is 6.61 Å². The van der Waals surface area contributed by atoms with Gasteiger partial charge in [0.2, 0.25) is 0 Å². The number of hydrogen-bond donors (Lipinski definition) is 2. The predicted molar refractivity (Wildman–Crippen MR) is 93.7 cm³/mol. The van der Waals surface area contributed by atoms with Gasteiger partial charge in [0.05, 0.1) is 26.5 Å². The third-order valence-electron chi connectivity index (χ3n) is 3.23. The Bertz CT molecular complexity index is 720. The number of aliphatic hydroxyl groups is 1. The van der Waals surface area contributed by atoms with Crippen molar-refractivity contribution in [2.24, 2.45) is 0 Å². The van der Waals surface area contributed by atoms with Crippen molar-refractivity contribution < 1.29 is 24.1 Å². The molecule has 0 bridgehead atoms. The first-order chi connectivity index (χ1) is 11.6.